The van der Waals surface area contributed by atoms with Crippen molar-refractivity contribution in [2.75, 3.05) is 6.61 Å². The molecule has 0 aromatic rings. The first-order chi connectivity index (χ1) is 8.07. The molecule has 0 bridgehead atoms. The molecule has 3 heteroatoms. The quantitative estimate of drug-likeness (QED) is 0.711. The van der Waals surface area contributed by atoms with Crippen LogP contribution in [-0.2, 0) is 9.53 Å². The van der Waals surface area contributed by atoms with E-state index < -0.39 is 0 Å². The number of hydrogen-bond acceptors (Lipinski definition) is 3. The summed E-state index contributed by atoms with van der Waals surface area (Å²) in [5.74, 6) is 1.43. The number of aliphatic hydroxyl groups excluding tert-OH is 1. The van der Waals surface area contributed by atoms with Crippen LogP contribution in [-0.4, -0.2) is 23.8 Å². The zero-order chi connectivity index (χ0) is 12.2. The Bertz CT molecular complexity index is 340. The Balaban J connectivity index is 1.96. The van der Waals surface area contributed by atoms with Crippen LogP contribution in [0, 0.1) is 29.1 Å². The van der Waals surface area contributed by atoms with Crippen LogP contribution in [0.3, 0.4) is 0 Å². The summed E-state index contributed by atoms with van der Waals surface area (Å²) in [6, 6.07) is 0. The van der Waals surface area contributed by atoms with Crippen molar-refractivity contribution in [3.8, 4) is 0 Å². The summed E-state index contributed by atoms with van der Waals surface area (Å²) in [6.07, 6.45) is 4.31. The Kier molecular flexibility index (Phi) is 2.51. The second kappa shape index (κ2) is 3.71. The number of carbonyl (C=O) groups is 1. The first-order valence-electron chi connectivity index (χ1n) is 6.88. The molecular formula is C14H22O3. The third-order valence-corrected chi connectivity index (χ3v) is 5.65. The van der Waals surface area contributed by atoms with Gasteiger partial charge in [-0.25, -0.2) is 0 Å². The average Bonchev–Trinajstić information content (AvgIpc) is 2.65. The molecule has 3 rings (SSSR count). The van der Waals surface area contributed by atoms with Gasteiger partial charge in [0.1, 0.15) is 6.10 Å². The van der Waals surface area contributed by atoms with Crippen LogP contribution in [0.2, 0.25) is 0 Å². The van der Waals surface area contributed by atoms with E-state index in [1.165, 1.54) is 0 Å². The Morgan fingerprint density at radius 1 is 1.41 bits per heavy atom. The van der Waals surface area contributed by atoms with E-state index in [2.05, 4.69) is 13.8 Å². The molecule has 1 saturated heterocycles. The van der Waals surface area contributed by atoms with Gasteiger partial charge in [-0.2, -0.15) is 0 Å². The number of carbonyl (C=O) groups excluding carboxylic acids is 1. The standard InChI is InChI=1S/C14H22O3/c1-8-3-4-9-12-10(17-13(16)11(8)12)5-6-14(9,2)7-15/h8-12,15H,3-7H2,1-2H3/t8-,9-,10-,11+,12+,14+/m1/s1. The minimum Gasteiger partial charge on any atom is -0.462 e. The van der Waals surface area contributed by atoms with E-state index >= 15 is 0 Å². The van der Waals surface area contributed by atoms with Gasteiger partial charge in [-0.1, -0.05) is 13.8 Å². The highest BCUT2D eigenvalue weighted by molar-refractivity contribution is 5.76. The molecule has 2 aliphatic carbocycles. The molecule has 3 fully saturated rings. The monoisotopic (exact) mass is 238 g/mol. The van der Waals surface area contributed by atoms with Crippen molar-refractivity contribution in [3.05, 3.63) is 0 Å². The van der Waals surface area contributed by atoms with E-state index in [9.17, 15) is 9.90 Å². The van der Waals surface area contributed by atoms with Gasteiger partial charge < -0.3 is 9.84 Å². The molecule has 3 aliphatic rings. The highest BCUT2D eigenvalue weighted by atomic mass is 16.6. The normalized spacial score (nSPS) is 53.1. The highest BCUT2D eigenvalue weighted by Gasteiger charge is 2.59. The molecule has 6 atom stereocenters. The Morgan fingerprint density at radius 3 is 2.88 bits per heavy atom. The summed E-state index contributed by atoms with van der Waals surface area (Å²) in [7, 11) is 0. The minimum atomic E-state index is 0.00748. The van der Waals surface area contributed by atoms with Gasteiger partial charge in [0.15, 0.2) is 0 Å². The molecule has 1 aliphatic heterocycles. The maximum atomic E-state index is 12.0. The topological polar surface area (TPSA) is 46.5 Å². The molecule has 0 spiro atoms. The fraction of sp³-hybridized carbons (Fsp3) is 0.929. The summed E-state index contributed by atoms with van der Waals surface area (Å²) >= 11 is 0. The van der Waals surface area contributed by atoms with Crippen LogP contribution >= 0.6 is 0 Å². The zero-order valence-corrected chi connectivity index (χ0v) is 10.7. The molecule has 1 N–H and O–H groups in total. The van der Waals surface area contributed by atoms with Gasteiger partial charge in [0.25, 0.3) is 0 Å². The van der Waals surface area contributed by atoms with Crippen LogP contribution in [0.4, 0.5) is 0 Å². The van der Waals surface area contributed by atoms with Gasteiger partial charge in [0, 0.05) is 12.5 Å². The second-order valence-electron chi connectivity index (χ2n) is 6.59. The SMILES string of the molecule is C[C@@H]1CC[C@@H]2[C@@H]3[C@H]1C(=O)O[C@@H]3CC[C@@]2(C)CO. The fourth-order valence-corrected chi connectivity index (χ4v) is 4.55. The minimum absolute atomic E-state index is 0.00748. The van der Waals surface area contributed by atoms with E-state index in [1.54, 1.807) is 0 Å². The largest absolute Gasteiger partial charge is 0.462 e. The molecule has 0 aromatic carbocycles. The summed E-state index contributed by atoms with van der Waals surface area (Å²) in [5.41, 5.74) is 0.00748. The molecular weight excluding hydrogens is 216 g/mol. The average molecular weight is 238 g/mol. The van der Waals surface area contributed by atoms with Gasteiger partial charge >= 0.3 is 5.97 Å². The lowest BCUT2D eigenvalue weighted by Gasteiger charge is -2.50. The van der Waals surface area contributed by atoms with E-state index in [-0.39, 0.29) is 30.0 Å². The predicted octanol–water partition coefficient (Wildman–Crippen LogP) is 1.98. The van der Waals surface area contributed by atoms with Crippen molar-refractivity contribution in [2.24, 2.45) is 29.1 Å². The van der Waals surface area contributed by atoms with Gasteiger partial charge in [0.05, 0.1) is 5.92 Å². The number of aliphatic hydroxyl groups is 1. The smallest absolute Gasteiger partial charge is 0.309 e. The zero-order valence-electron chi connectivity index (χ0n) is 10.7. The van der Waals surface area contributed by atoms with Gasteiger partial charge in [-0.05, 0) is 42.9 Å². The summed E-state index contributed by atoms with van der Waals surface area (Å²) in [6.45, 7) is 4.61. The molecule has 1 heterocycles. The van der Waals surface area contributed by atoms with Crippen molar-refractivity contribution < 1.29 is 14.6 Å². The second-order valence-corrected chi connectivity index (χ2v) is 6.59. The molecule has 96 valence electrons. The Morgan fingerprint density at radius 2 is 2.18 bits per heavy atom. The molecule has 0 aromatic heterocycles. The number of hydrogen-bond donors (Lipinski definition) is 1. The van der Waals surface area contributed by atoms with Crippen molar-refractivity contribution in [3.63, 3.8) is 0 Å². The van der Waals surface area contributed by atoms with Gasteiger partial charge in [-0.3, -0.25) is 4.79 Å². The van der Waals surface area contributed by atoms with Crippen molar-refractivity contribution in [1.29, 1.82) is 0 Å². The predicted molar refractivity (Wildman–Crippen MR) is 63.2 cm³/mol. The van der Waals surface area contributed by atoms with E-state index in [0.717, 1.165) is 25.7 Å². The summed E-state index contributed by atoms with van der Waals surface area (Å²) < 4.78 is 5.57. The maximum absolute atomic E-state index is 12.0. The lowest BCUT2D eigenvalue weighted by Crippen LogP contribution is -2.49. The third kappa shape index (κ3) is 1.48. The summed E-state index contributed by atoms with van der Waals surface area (Å²) in [5, 5.41) is 9.69. The van der Waals surface area contributed by atoms with E-state index in [0.29, 0.717) is 17.8 Å². The molecule has 0 radical (unpaired) electrons. The number of esters is 1. The fourth-order valence-electron chi connectivity index (χ4n) is 4.55. The van der Waals surface area contributed by atoms with Crippen LogP contribution < -0.4 is 0 Å². The molecule has 17 heavy (non-hydrogen) atoms. The van der Waals surface area contributed by atoms with Crippen LogP contribution in [0.25, 0.3) is 0 Å². The number of ether oxygens (including phenoxy) is 1. The van der Waals surface area contributed by atoms with Gasteiger partial charge in [-0.15, -0.1) is 0 Å². The molecule has 0 amide bonds. The first-order valence-corrected chi connectivity index (χ1v) is 6.88. The molecule has 3 nitrogen and oxygen atoms in total. The third-order valence-electron chi connectivity index (χ3n) is 5.65. The molecule has 2 saturated carbocycles. The van der Waals surface area contributed by atoms with E-state index in [4.69, 9.17) is 4.74 Å². The van der Waals surface area contributed by atoms with Crippen LogP contribution in [0.1, 0.15) is 39.5 Å². The van der Waals surface area contributed by atoms with Crippen molar-refractivity contribution in [2.45, 2.75) is 45.6 Å². The molecule has 0 unspecified atom stereocenters. The summed E-state index contributed by atoms with van der Waals surface area (Å²) in [4.78, 5) is 12.0. The highest BCUT2D eigenvalue weighted by Crippen LogP contribution is 2.57. The van der Waals surface area contributed by atoms with Crippen molar-refractivity contribution in [1.82, 2.24) is 0 Å². The lowest BCUT2D eigenvalue weighted by atomic mass is 9.53. The van der Waals surface area contributed by atoms with Crippen LogP contribution in [0.15, 0.2) is 0 Å². The van der Waals surface area contributed by atoms with Crippen molar-refractivity contribution >= 4 is 5.97 Å². The Hall–Kier alpha value is -0.570. The van der Waals surface area contributed by atoms with E-state index in [1.807, 2.05) is 0 Å². The van der Waals surface area contributed by atoms with Crippen LogP contribution in [0.5, 0.6) is 0 Å². The first kappa shape index (κ1) is 11.5. The Labute approximate surface area is 103 Å². The number of rotatable bonds is 1. The maximum Gasteiger partial charge on any atom is 0.309 e. The lowest BCUT2D eigenvalue weighted by molar-refractivity contribution is -0.145. The van der Waals surface area contributed by atoms with Gasteiger partial charge in [0.2, 0.25) is 0 Å².